The molecule has 0 saturated carbocycles. The number of hydrogen-bond acceptors (Lipinski definition) is 5. The van der Waals surface area contributed by atoms with Crippen LogP contribution in [0, 0.1) is 0 Å². The fourth-order valence-corrected chi connectivity index (χ4v) is 1.41. The highest BCUT2D eigenvalue weighted by atomic mass is 16.2. The van der Waals surface area contributed by atoms with Gasteiger partial charge in [0.15, 0.2) is 0 Å². The van der Waals surface area contributed by atoms with Gasteiger partial charge in [-0.2, -0.15) is 0 Å². The molecule has 1 heterocycles. The molecule has 19 heavy (non-hydrogen) atoms. The van der Waals surface area contributed by atoms with Crippen molar-refractivity contribution in [2.45, 2.75) is 13.5 Å². The van der Waals surface area contributed by atoms with E-state index in [1.807, 2.05) is 0 Å². The minimum absolute atomic E-state index is 0.0246. The van der Waals surface area contributed by atoms with Crippen molar-refractivity contribution >= 4 is 17.7 Å². The second-order valence-corrected chi connectivity index (χ2v) is 3.80. The average molecular weight is 264 g/mol. The molecule has 1 rings (SSSR count). The molecule has 0 atom stereocenters. The first-order valence-electron chi connectivity index (χ1n) is 5.75. The number of imide groups is 1. The zero-order chi connectivity index (χ0) is 14.3. The summed E-state index contributed by atoms with van der Waals surface area (Å²) in [5.74, 6) is -2.23. The molecule has 0 aliphatic heterocycles. The summed E-state index contributed by atoms with van der Waals surface area (Å²) >= 11 is 0. The van der Waals surface area contributed by atoms with Crippen LogP contribution in [-0.4, -0.2) is 40.7 Å². The Kier molecular flexibility index (Phi) is 5.62. The summed E-state index contributed by atoms with van der Waals surface area (Å²) in [6.45, 7) is 1.55. The van der Waals surface area contributed by atoms with Gasteiger partial charge in [-0.1, -0.05) is 0 Å². The van der Waals surface area contributed by atoms with Gasteiger partial charge in [0.05, 0.1) is 0 Å². The first-order chi connectivity index (χ1) is 9.06. The van der Waals surface area contributed by atoms with Crippen LogP contribution in [-0.2, 0) is 20.9 Å². The Labute approximate surface area is 110 Å². The summed E-state index contributed by atoms with van der Waals surface area (Å²) in [5.41, 5.74) is 6.09. The second kappa shape index (κ2) is 7.22. The summed E-state index contributed by atoms with van der Waals surface area (Å²) in [6, 6.07) is 3.43. The number of nitrogens with one attached hydrogen (secondary N) is 1. The molecule has 3 amide bonds. The van der Waals surface area contributed by atoms with Gasteiger partial charge >= 0.3 is 11.8 Å². The van der Waals surface area contributed by atoms with Gasteiger partial charge in [0.2, 0.25) is 5.91 Å². The third-order valence-electron chi connectivity index (χ3n) is 2.37. The van der Waals surface area contributed by atoms with Crippen molar-refractivity contribution in [2.75, 3.05) is 13.1 Å². The van der Waals surface area contributed by atoms with Gasteiger partial charge in [0, 0.05) is 39.0 Å². The molecule has 0 spiro atoms. The van der Waals surface area contributed by atoms with E-state index in [-0.39, 0.29) is 19.6 Å². The highest BCUT2D eigenvalue weighted by molar-refractivity contribution is 6.37. The highest BCUT2D eigenvalue weighted by Gasteiger charge is 2.23. The van der Waals surface area contributed by atoms with E-state index in [0.717, 1.165) is 10.5 Å². The summed E-state index contributed by atoms with van der Waals surface area (Å²) in [5, 5.41) is 2.44. The molecule has 1 aromatic rings. The quantitative estimate of drug-likeness (QED) is 0.681. The smallest absolute Gasteiger partial charge is 0.318 e. The number of carbonyl (C=O) groups excluding carboxylic acids is 3. The van der Waals surface area contributed by atoms with Crippen LogP contribution >= 0.6 is 0 Å². The molecule has 7 nitrogen and oxygen atoms in total. The molecular formula is C12H16N4O3. The number of carbonyl (C=O) groups is 3. The van der Waals surface area contributed by atoms with Gasteiger partial charge in [-0.3, -0.25) is 24.3 Å². The van der Waals surface area contributed by atoms with Crippen molar-refractivity contribution in [3.63, 3.8) is 0 Å². The van der Waals surface area contributed by atoms with E-state index in [1.165, 1.54) is 6.92 Å². The Morgan fingerprint density at radius 1 is 1.32 bits per heavy atom. The molecule has 1 aromatic heterocycles. The Balaban J connectivity index is 2.57. The van der Waals surface area contributed by atoms with E-state index in [4.69, 9.17) is 5.73 Å². The van der Waals surface area contributed by atoms with E-state index >= 15 is 0 Å². The van der Waals surface area contributed by atoms with Crippen LogP contribution in [0.3, 0.4) is 0 Å². The van der Waals surface area contributed by atoms with Gasteiger partial charge in [0.25, 0.3) is 0 Å². The van der Waals surface area contributed by atoms with Gasteiger partial charge in [0.1, 0.15) is 0 Å². The molecule has 0 bridgehead atoms. The molecule has 0 aliphatic carbocycles. The summed E-state index contributed by atoms with van der Waals surface area (Å²) in [6.07, 6.45) is 3.17. The lowest BCUT2D eigenvalue weighted by molar-refractivity contribution is -0.151. The number of pyridine rings is 1. The Morgan fingerprint density at radius 2 is 1.95 bits per heavy atom. The van der Waals surface area contributed by atoms with E-state index in [9.17, 15) is 14.4 Å². The Hall–Kier alpha value is -2.28. The van der Waals surface area contributed by atoms with Gasteiger partial charge in [-0.05, 0) is 17.7 Å². The largest absolute Gasteiger partial charge is 0.344 e. The number of nitrogens with two attached hydrogens (primary N) is 1. The normalized spacial score (nSPS) is 9.79. The zero-order valence-electron chi connectivity index (χ0n) is 10.6. The maximum Gasteiger partial charge on any atom is 0.318 e. The molecule has 3 N–H and O–H groups in total. The maximum absolute atomic E-state index is 11.7. The van der Waals surface area contributed by atoms with Crippen molar-refractivity contribution in [1.82, 2.24) is 15.2 Å². The van der Waals surface area contributed by atoms with E-state index in [0.29, 0.717) is 0 Å². The van der Waals surface area contributed by atoms with E-state index in [1.54, 1.807) is 24.5 Å². The molecular weight excluding hydrogens is 248 g/mol. The van der Waals surface area contributed by atoms with Crippen LogP contribution < -0.4 is 11.1 Å². The van der Waals surface area contributed by atoms with E-state index in [2.05, 4.69) is 10.3 Å². The topological polar surface area (TPSA) is 105 Å². The minimum Gasteiger partial charge on any atom is -0.344 e. The molecule has 7 heteroatoms. The van der Waals surface area contributed by atoms with E-state index < -0.39 is 17.7 Å². The standard InChI is InChI=1S/C12H16N4O3/c1-9(17)16(7-4-13)12(19)11(18)15-8-10-2-5-14-6-3-10/h2-3,5-6H,4,7-8,13H2,1H3,(H,15,18). The lowest BCUT2D eigenvalue weighted by Crippen LogP contribution is -2.46. The predicted molar refractivity (Wildman–Crippen MR) is 67.5 cm³/mol. The van der Waals surface area contributed by atoms with Crippen molar-refractivity contribution < 1.29 is 14.4 Å². The molecule has 0 fully saturated rings. The minimum atomic E-state index is -0.896. The third kappa shape index (κ3) is 4.47. The van der Waals surface area contributed by atoms with Crippen LogP contribution in [0.1, 0.15) is 12.5 Å². The number of nitrogens with zero attached hydrogens (tertiary/aromatic N) is 2. The number of hydrogen-bond donors (Lipinski definition) is 2. The van der Waals surface area contributed by atoms with Crippen LogP contribution in [0.4, 0.5) is 0 Å². The average Bonchev–Trinajstić information content (AvgIpc) is 2.42. The van der Waals surface area contributed by atoms with Crippen molar-refractivity contribution in [2.24, 2.45) is 5.73 Å². The van der Waals surface area contributed by atoms with Crippen LogP contribution in [0.2, 0.25) is 0 Å². The summed E-state index contributed by atoms with van der Waals surface area (Å²) in [4.78, 5) is 39.2. The predicted octanol–water partition coefficient (Wildman–Crippen LogP) is -0.968. The fourth-order valence-electron chi connectivity index (χ4n) is 1.41. The number of rotatable bonds is 4. The molecule has 0 aromatic carbocycles. The first kappa shape index (κ1) is 14.8. The SMILES string of the molecule is CC(=O)N(CCN)C(=O)C(=O)NCc1ccncc1. The Bertz CT molecular complexity index is 461. The van der Waals surface area contributed by atoms with Gasteiger partial charge in [-0.15, -0.1) is 0 Å². The fraction of sp³-hybridized carbons (Fsp3) is 0.333. The van der Waals surface area contributed by atoms with Gasteiger partial charge < -0.3 is 11.1 Å². The lowest BCUT2D eigenvalue weighted by Gasteiger charge is -2.17. The van der Waals surface area contributed by atoms with Crippen molar-refractivity contribution in [3.8, 4) is 0 Å². The molecule has 102 valence electrons. The summed E-state index contributed by atoms with van der Waals surface area (Å²) < 4.78 is 0. The monoisotopic (exact) mass is 264 g/mol. The van der Waals surface area contributed by atoms with Crippen LogP contribution in [0.5, 0.6) is 0 Å². The first-order valence-corrected chi connectivity index (χ1v) is 5.75. The number of amides is 3. The van der Waals surface area contributed by atoms with Crippen LogP contribution in [0.15, 0.2) is 24.5 Å². The Morgan fingerprint density at radius 3 is 2.47 bits per heavy atom. The lowest BCUT2D eigenvalue weighted by atomic mass is 10.2. The van der Waals surface area contributed by atoms with Crippen molar-refractivity contribution in [3.05, 3.63) is 30.1 Å². The zero-order valence-corrected chi connectivity index (χ0v) is 10.6. The summed E-state index contributed by atoms with van der Waals surface area (Å²) in [7, 11) is 0. The third-order valence-corrected chi connectivity index (χ3v) is 2.37. The molecule has 0 radical (unpaired) electrons. The molecule has 0 aliphatic rings. The highest BCUT2D eigenvalue weighted by Crippen LogP contribution is 1.96. The van der Waals surface area contributed by atoms with Crippen molar-refractivity contribution in [1.29, 1.82) is 0 Å². The second-order valence-electron chi connectivity index (χ2n) is 3.80. The molecule has 0 saturated heterocycles. The number of aromatic nitrogens is 1. The maximum atomic E-state index is 11.7. The molecule has 0 unspecified atom stereocenters. The van der Waals surface area contributed by atoms with Crippen LogP contribution in [0.25, 0.3) is 0 Å². The van der Waals surface area contributed by atoms with Gasteiger partial charge in [-0.25, -0.2) is 0 Å².